The van der Waals surface area contributed by atoms with E-state index in [4.69, 9.17) is 0 Å². The van der Waals surface area contributed by atoms with Gasteiger partial charge in [-0.15, -0.1) is 0 Å². The fourth-order valence-electron chi connectivity index (χ4n) is 6.22. The lowest BCUT2D eigenvalue weighted by Gasteiger charge is -2.65. The van der Waals surface area contributed by atoms with Crippen LogP contribution < -0.4 is 0 Å². The summed E-state index contributed by atoms with van der Waals surface area (Å²) in [5, 5.41) is 3.58. The third-order valence-electron chi connectivity index (χ3n) is 7.06. The number of rotatable bonds is 2. The van der Waals surface area contributed by atoms with E-state index in [1.807, 2.05) is 18.9 Å². The SMILES string of the molecule is CC1(C)C(=O)N(C2C3CC4CC(C3)CC2C4)N1C(=O)c1ccncc1. The molecule has 2 heterocycles. The highest BCUT2D eigenvalue weighted by Gasteiger charge is 2.62. The minimum absolute atomic E-state index is 0.0826. The molecule has 1 aliphatic heterocycles. The van der Waals surface area contributed by atoms with E-state index in [1.165, 1.54) is 32.1 Å². The smallest absolute Gasteiger partial charge is 0.270 e. The highest BCUT2D eigenvalue weighted by atomic mass is 16.2. The molecule has 5 nitrogen and oxygen atoms in total. The number of pyridine rings is 1. The van der Waals surface area contributed by atoms with Crippen LogP contribution in [0.1, 0.15) is 56.3 Å². The quantitative estimate of drug-likeness (QED) is 0.832. The second-order valence-electron chi connectivity index (χ2n) is 8.98. The minimum atomic E-state index is -0.755. The van der Waals surface area contributed by atoms with Crippen LogP contribution in [0.3, 0.4) is 0 Å². The van der Waals surface area contributed by atoms with Crippen LogP contribution in [0, 0.1) is 23.7 Å². The average molecular weight is 339 g/mol. The topological polar surface area (TPSA) is 53.5 Å². The van der Waals surface area contributed by atoms with Crippen molar-refractivity contribution in [3.05, 3.63) is 30.1 Å². The molecule has 1 saturated heterocycles. The normalized spacial score (nSPS) is 38.0. The van der Waals surface area contributed by atoms with Crippen LogP contribution in [-0.2, 0) is 4.79 Å². The average Bonchev–Trinajstić information content (AvgIpc) is 2.59. The van der Waals surface area contributed by atoms with E-state index in [1.54, 1.807) is 29.5 Å². The van der Waals surface area contributed by atoms with Gasteiger partial charge in [0, 0.05) is 18.0 Å². The summed E-state index contributed by atoms with van der Waals surface area (Å²) in [6, 6.07) is 3.69. The molecule has 0 N–H and O–H groups in total. The third-order valence-corrected chi connectivity index (χ3v) is 7.06. The van der Waals surface area contributed by atoms with Crippen molar-refractivity contribution in [3.8, 4) is 0 Å². The Bertz CT molecular complexity index is 702. The van der Waals surface area contributed by atoms with Crippen LogP contribution in [0.5, 0.6) is 0 Å². The van der Waals surface area contributed by atoms with Gasteiger partial charge in [-0.05, 0) is 81.8 Å². The molecule has 132 valence electrons. The summed E-state index contributed by atoms with van der Waals surface area (Å²) in [6.45, 7) is 3.72. The van der Waals surface area contributed by atoms with E-state index in [-0.39, 0.29) is 17.9 Å². The Morgan fingerprint density at radius 2 is 1.60 bits per heavy atom. The molecule has 4 aliphatic carbocycles. The molecule has 5 aliphatic rings. The molecule has 0 spiro atoms. The summed E-state index contributed by atoms with van der Waals surface area (Å²) in [7, 11) is 0. The van der Waals surface area contributed by atoms with Crippen molar-refractivity contribution in [2.45, 2.75) is 57.5 Å². The standard InChI is InChI=1S/C20H25N3O2/c1-20(2)19(25)22(23(20)18(24)14-3-5-21-6-4-14)17-15-8-12-7-13(10-15)11-16(17)9-12/h3-6,12-13,15-17H,7-11H2,1-2H3. The van der Waals surface area contributed by atoms with Gasteiger partial charge in [0.1, 0.15) is 5.54 Å². The molecule has 0 unspecified atom stereocenters. The molecule has 1 aromatic heterocycles. The molecule has 4 saturated carbocycles. The Morgan fingerprint density at radius 1 is 1.04 bits per heavy atom. The monoisotopic (exact) mass is 339 g/mol. The van der Waals surface area contributed by atoms with Crippen LogP contribution in [0.25, 0.3) is 0 Å². The van der Waals surface area contributed by atoms with E-state index in [2.05, 4.69) is 4.98 Å². The zero-order chi connectivity index (χ0) is 17.3. The van der Waals surface area contributed by atoms with Crippen LogP contribution >= 0.6 is 0 Å². The summed E-state index contributed by atoms with van der Waals surface area (Å²) in [4.78, 5) is 30.1. The van der Waals surface area contributed by atoms with Gasteiger partial charge in [0.05, 0.1) is 6.04 Å². The molecule has 1 aromatic rings. The van der Waals surface area contributed by atoms with Gasteiger partial charge in [0.25, 0.3) is 11.8 Å². The van der Waals surface area contributed by atoms with E-state index in [0.717, 1.165) is 11.8 Å². The second-order valence-corrected chi connectivity index (χ2v) is 8.98. The largest absolute Gasteiger partial charge is 0.273 e. The van der Waals surface area contributed by atoms with Crippen LogP contribution in [0.2, 0.25) is 0 Å². The maximum atomic E-state index is 13.1. The Kier molecular flexibility index (Phi) is 3.10. The molecular formula is C20H25N3O2. The number of hydrazine groups is 1. The molecule has 25 heavy (non-hydrogen) atoms. The van der Waals surface area contributed by atoms with Gasteiger partial charge < -0.3 is 0 Å². The van der Waals surface area contributed by atoms with Crippen molar-refractivity contribution in [2.24, 2.45) is 23.7 Å². The lowest BCUT2D eigenvalue weighted by atomic mass is 9.53. The number of carbonyl (C=O) groups excluding carboxylic acids is 2. The molecule has 0 atom stereocenters. The number of aromatic nitrogens is 1. The number of nitrogens with zero attached hydrogens (tertiary/aromatic N) is 3. The van der Waals surface area contributed by atoms with Gasteiger partial charge in [0.2, 0.25) is 0 Å². The van der Waals surface area contributed by atoms with E-state index in [0.29, 0.717) is 17.4 Å². The van der Waals surface area contributed by atoms with Gasteiger partial charge in [0.15, 0.2) is 0 Å². The molecule has 0 radical (unpaired) electrons. The van der Waals surface area contributed by atoms with Crippen LogP contribution in [-0.4, -0.2) is 38.4 Å². The zero-order valence-corrected chi connectivity index (χ0v) is 14.9. The number of carbonyl (C=O) groups is 2. The first-order valence-corrected chi connectivity index (χ1v) is 9.55. The molecule has 6 rings (SSSR count). The van der Waals surface area contributed by atoms with Crippen molar-refractivity contribution in [3.63, 3.8) is 0 Å². The van der Waals surface area contributed by atoms with Crippen molar-refractivity contribution in [2.75, 3.05) is 0 Å². The fraction of sp³-hybridized carbons (Fsp3) is 0.650. The second kappa shape index (κ2) is 5.05. The molecular weight excluding hydrogens is 314 g/mol. The van der Waals surface area contributed by atoms with Gasteiger partial charge >= 0.3 is 0 Å². The van der Waals surface area contributed by atoms with Crippen molar-refractivity contribution in [1.29, 1.82) is 0 Å². The first-order valence-electron chi connectivity index (χ1n) is 9.55. The summed E-state index contributed by atoms with van der Waals surface area (Å²) < 4.78 is 0. The maximum Gasteiger partial charge on any atom is 0.273 e. The summed E-state index contributed by atoms with van der Waals surface area (Å²) >= 11 is 0. The number of hydrogen-bond donors (Lipinski definition) is 0. The van der Waals surface area contributed by atoms with E-state index in [9.17, 15) is 9.59 Å². The minimum Gasteiger partial charge on any atom is -0.270 e. The number of amides is 2. The molecule has 2 amide bonds. The number of hydrogen-bond acceptors (Lipinski definition) is 3. The Balaban J connectivity index is 1.48. The Morgan fingerprint density at radius 3 is 2.16 bits per heavy atom. The van der Waals surface area contributed by atoms with E-state index < -0.39 is 5.54 Å². The molecule has 4 bridgehead atoms. The van der Waals surface area contributed by atoms with Crippen molar-refractivity contribution < 1.29 is 9.59 Å². The summed E-state index contributed by atoms with van der Waals surface area (Å²) in [6.07, 6.45) is 9.60. The summed E-state index contributed by atoms with van der Waals surface area (Å²) in [5.41, 5.74) is -0.154. The lowest BCUT2D eigenvalue weighted by Crippen LogP contribution is -2.80. The van der Waals surface area contributed by atoms with E-state index >= 15 is 0 Å². The molecule has 5 fully saturated rings. The highest BCUT2D eigenvalue weighted by Crippen LogP contribution is 2.57. The predicted molar refractivity (Wildman–Crippen MR) is 92.2 cm³/mol. The van der Waals surface area contributed by atoms with Crippen LogP contribution in [0.15, 0.2) is 24.5 Å². The lowest BCUT2D eigenvalue weighted by molar-refractivity contribution is -0.230. The molecule has 0 aromatic carbocycles. The Labute approximate surface area is 148 Å². The first-order chi connectivity index (χ1) is 12.0. The van der Waals surface area contributed by atoms with Crippen LogP contribution in [0.4, 0.5) is 0 Å². The molecule has 5 heteroatoms. The zero-order valence-electron chi connectivity index (χ0n) is 14.9. The van der Waals surface area contributed by atoms with Crippen molar-refractivity contribution in [1.82, 2.24) is 15.0 Å². The van der Waals surface area contributed by atoms with Crippen molar-refractivity contribution >= 4 is 11.8 Å². The fourth-order valence-corrected chi connectivity index (χ4v) is 6.22. The summed E-state index contributed by atoms with van der Waals surface area (Å²) in [5.74, 6) is 2.88. The van der Waals surface area contributed by atoms with Gasteiger partial charge in [-0.1, -0.05) is 0 Å². The first kappa shape index (κ1) is 15.4. The van der Waals surface area contributed by atoms with Gasteiger partial charge in [-0.2, -0.15) is 0 Å². The highest BCUT2D eigenvalue weighted by molar-refractivity contribution is 6.04. The maximum absolute atomic E-state index is 13.1. The van der Waals surface area contributed by atoms with Gasteiger partial charge in [-0.25, -0.2) is 10.0 Å². The Hall–Kier alpha value is -1.91. The predicted octanol–water partition coefficient (Wildman–Crippen LogP) is 2.88. The van der Waals surface area contributed by atoms with Gasteiger partial charge in [-0.3, -0.25) is 14.6 Å². The third kappa shape index (κ3) is 2.04.